The van der Waals surface area contributed by atoms with E-state index in [9.17, 15) is 0 Å². The molecule has 0 aromatic rings. The van der Waals surface area contributed by atoms with Gasteiger partial charge in [-0.1, -0.05) is 338 Å². The maximum absolute atomic E-state index is 2.37. The van der Waals surface area contributed by atoms with Crippen molar-refractivity contribution in [2.24, 2.45) is 106 Å². The number of hydrogen-bond acceptors (Lipinski definition) is 0. The minimum Gasteiger partial charge on any atom is -0.358 e. The van der Waals surface area contributed by atoms with Crippen molar-refractivity contribution in [1.29, 1.82) is 0 Å². The average molecular weight is 1880 g/mol. The SMILES string of the molecule is CCC(C)CC(C)CC.CCC(C)CC(CC)C(C)(C)C.CCC(C)CC(CC)C(C)(C)C.CCC(C)CC(CC)C(C)C.CCC(C)CC(CC)C(C)C.CCC(C)CC(CC)CC.CCC(C)CC(CC)CC.[CH3-].[CH3-].[CH3-].[CH3-].[CH3-].[CH3-].[CH3-].[Ru+].[Ru+].[Ru+].[Ru+].[Ru+].[Ru+].[Ru+]. The molecule has 12 unspecified atom stereocenters. The van der Waals surface area contributed by atoms with E-state index in [1.54, 1.807) is 0 Å². The smallest absolute Gasteiger partial charge is 0.358 e. The van der Waals surface area contributed by atoms with Crippen molar-refractivity contribution < 1.29 is 136 Å². The first-order chi connectivity index (χ1) is 34.7. The molecule has 0 aliphatic carbocycles. The van der Waals surface area contributed by atoms with E-state index in [2.05, 4.69) is 235 Å². The van der Waals surface area contributed by atoms with E-state index < -0.39 is 0 Å². The molecule has 0 heterocycles. The second kappa shape index (κ2) is 101. The molecule has 569 valence electrons. The Bertz CT molecular complexity index is 981. The van der Waals surface area contributed by atoms with Crippen LogP contribution in [-0.4, -0.2) is 0 Å². The first-order valence-electron chi connectivity index (χ1n) is 34.7. The van der Waals surface area contributed by atoms with Gasteiger partial charge in [-0.05, 0) is 150 Å². The Morgan fingerprint density at radius 3 is 0.472 bits per heavy atom. The third-order valence-corrected chi connectivity index (χ3v) is 19.3. The van der Waals surface area contributed by atoms with Crippen LogP contribution in [0.2, 0.25) is 0 Å². The van der Waals surface area contributed by atoms with Crippen molar-refractivity contribution in [3.05, 3.63) is 52.0 Å². The summed E-state index contributed by atoms with van der Waals surface area (Å²) >= 11 is 0. The van der Waals surface area contributed by atoms with Gasteiger partial charge in [-0.25, -0.2) is 0 Å². The van der Waals surface area contributed by atoms with Crippen molar-refractivity contribution in [2.75, 3.05) is 0 Å². The molecule has 0 N–H and O–H groups in total. The molecule has 0 aliphatic heterocycles. The minimum atomic E-state index is 0. The van der Waals surface area contributed by atoms with Crippen LogP contribution < -0.4 is 0 Å². The molecular formula is C82H185Ru7. The van der Waals surface area contributed by atoms with E-state index in [0.717, 1.165) is 94.7 Å². The molecule has 12 atom stereocenters. The van der Waals surface area contributed by atoms with Gasteiger partial charge >= 0.3 is 136 Å². The Hall–Kier alpha value is 4.36. The Morgan fingerprint density at radius 2 is 0.348 bits per heavy atom. The summed E-state index contributed by atoms with van der Waals surface area (Å²) in [6.07, 6.45) is 31.4. The monoisotopic (exact) mass is 1880 g/mol. The zero-order chi connectivity index (χ0) is 60.5. The molecule has 0 fully saturated rings. The van der Waals surface area contributed by atoms with Crippen molar-refractivity contribution in [3.8, 4) is 0 Å². The molecule has 0 nitrogen and oxygen atoms in total. The minimum absolute atomic E-state index is 0. The zero-order valence-electron chi connectivity index (χ0n) is 70.0. The fraction of sp³-hybridized carbons (Fsp3) is 0.915. The molecule has 7 radical (unpaired) electrons. The van der Waals surface area contributed by atoms with Crippen LogP contribution in [0.25, 0.3) is 0 Å². The molecule has 0 bridgehead atoms. The predicted molar refractivity (Wildman–Crippen MR) is 405 cm³/mol. The summed E-state index contributed by atoms with van der Waals surface area (Å²) in [6, 6.07) is 0. The molecule has 0 rings (SSSR count). The van der Waals surface area contributed by atoms with Crippen LogP contribution in [0.5, 0.6) is 0 Å². The van der Waals surface area contributed by atoms with Gasteiger partial charge in [0.1, 0.15) is 0 Å². The van der Waals surface area contributed by atoms with Gasteiger partial charge in [-0.3, -0.25) is 0 Å². The van der Waals surface area contributed by atoms with Gasteiger partial charge in [0.15, 0.2) is 0 Å². The predicted octanol–water partition coefficient (Wildman–Crippen LogP) is 31.5. The fourth-order valence-corrected chi connectivity index (χ4v) is 10.5. The van der Waals surface area contributed by atoms with Crippen LogP contribution in [0.4, 0.5) is 0 Å². The summed E-state index contributed by atoms with van der Waals surface area (Å²) in [6.45, 7) is 79.2. The van der Waals surface area contributed by atoms with E-state index in [0.29, 0.717) is 10.8 Å². The second-order valence-corrected chi connectivity index (χ2v) is 28.9. The average Bonchev–Trinajstić information content (AvgIpc) is 3.38. The van der Waals surface area contributed by atoms with Gasteiger partial charge in [0.2, 0.25) is 0 Å². The Morgan fingerprint density at radius 1 is 0.191 bits per heavy atom. The van der Waals surface area contributed by atoms with E-state index in [-0.39, 0.29) is 188 Å². The van der Waals surface area contributed by atoms with Crippen molar-refractivity contribution in [3.63, 3.8) is 0 Å². The fourth-order valence-electron chi connectivity index (χ4n) is 10.5. The van der Waals surface area contributed by atoms with Crippen LogP contribution in [0.1, 0.15) is 383 Å². The third kappa shape index (κ3) is 106. The topological polar surface area (TPSA) is 0 Å². The number of hydrogen-bond donors (Lipinski definition) is 0. The van der Waals surface area contributed by atoms with Gasteiger partial charge < -0.3 is 52.0 Å². The van der Waals surface area contributed by atoms with E-state index in [1.807, 2.05) is 0 Å². The van der Waals surface area contributed by atoms with Gasteiger partial charge in [0.25, 0.3) is 0 Å². The van der Waals surface area contributed by atoms with Crippen LogP contribution >= 0.6 is 0 Å². The first-order valence-corrected chi connectivity index (χ1v) is 34.7. The number of rotatable bonds is 32. The standard InChI is InChI=1S/2C12H26.2C11H24.2C10H22.C9H20.7CH3.7Ru/c2*1-7-10(3)9-11(8-2)12(4,5)6;2*1-6-10(5)8-11(7-2)9(3)4;2*1-5-9(4)8-10(6-2)7-3;1-5-8(3)7-9(4)6-2;;;;;;;;;;;;;;/h2*10-11H,7-9H2,1-6H3;2*9-11H,6-8H2,1-5H3;2*9-10H,5-8H2,1-4H3;8-9H,5-7H2,1-4H3;7*1H3;;;;;;;/q;;;;;;;7*-1;7*+1. The maximum atomic E-state index is 2.37. The molecule has 0 aliphatic rings. The van der Waals surface area contributed by atoms with E-state index in [1.165, 1.54) is 148 Å². The quantitative estimate of drug-likeness (QED) is 0.0465. The van der Waals surface area contributed by atoms with E-state index in [4.69, 9.17) is 0 Å². The van der Waals surface area contributed by atoms with Crippen LogP contribution in [0.15, 0.2) is 0 Å². The first kappa shape index (κ1) is 152. The Kier molecular flexibility index (Phi) is 173. The van der Waals surface area contributed by atoms with Gasteiger partial charge in [0, 0.05) is 0 Å². The summed E-state index contributed by atoms with van der Waals surface area (Å²) < 4.78 is 0. The van der Waals surface area contributed by atoms with Crippen molar-refractivity contribution in [2.45, 2.75) is 383 Å². The molecule has 0 saturated carbocycles. The summed E-state index contributed by atoms with van der Waals surface area (Å²) in [5.74, 6) is 14.8. The van der Waals surface area contributed by atoms with Crippen LogP contribution in [0.3, 0.4) is 0 Å². The Labute approximate surface area is 670 Å². The summed E-state index contributed by atoms with van der Waals surface area (Å²) in [5, 5.41) is 0. The summed E-state index contributed by atoms with van der Waals surface area (Å²) in [5.41, 5.74) is 0.996. The molecule has 0 aromatic heterocycles. The molecule has 0 saturated heterocycles. The normalized spacial score (nSPS) is 13.8. The summed E-state index contributed by atoms with van der Waals surface area (Å²) in [7, 11) is 0. The van der Waals surface area contributed by atoms with Gasteiger partial charge in [-0.2, -0.15) is 0 Å². The molecule has 0 amide bonds. The summed E-state index contributed by atoms with van der Waals surface area (Å²) in [4.78, 5) is 0. The van der Waals surface area contributed by atoms with Crippen LogP contribution in [-0.2, 0) is 136 Å². The molecule has 7 heteroatoms. The van der Waals surface area contributed by atoms with E-state index >= 15 is 0 Å². The molecule has 0 aromatic carbocycles. The van der Waals surface area contributed by atoms with Crippen LogP contribution in [0, 0.1) is 158 Å². The van der Waals surface area contributed by atoms with Gasteiger partial charge in [-0.15, -0.1) is 0 Å². The second-order valence-electron chi connectivity index (χ2n) is 28.9. The maximum Gasteiger partial charge on any atom is 1.00 e. The zero-order valence-corrected chi connectivity index (χ0v) is 82.1. The Balaban J connectivity index is -0.0000000311. The molecule has 89 heavy (non-hydrogen) atoms. The largest absolute Gasteiger partial charge is 1.00 e. The van der Waals surface area contributed by atoms with Crippen molar-refractivity contribution in [1.82, 2.24) is 0 Å². The van der Waals surface area contributed by atoms with Gasteiger partial charge in [0.05, 0.1) is 0 Å². The third-order valence-electron chi connectivity index (χ3n) is 19.3. The van der Waals surface area contributed by atoms with Crippen molar-refractivity contribution >= 4 is 0 Å². The molecular weight excluding hydrogens is 1690 g/mol. The molecule has 0 spiro atoms.